The molecule has 3 heteroatoms. The third-order valence-electron chi connectivity index (χ3n) is 3.19. The van der Waals surface area contributed by atoms with E-state index in [0.29, 0.717) is 0 Å². The van der Waals surface area contributed by atoms with Crippen LogP contribution in [0.25, 0.3) is 0 Å². The number of unbranched alkanes of at least 4 members (excludes halogenated alkanes) is 8. The second-order valence-electron chi connectivity index (χ2n) is 5.10. The van der Waals surface area contributed by atoms with Gasteiger partial charge in [-0.15, -0.1) is 0 Å². The van der Waals surface area contributed by atoms with Gasteiger partial charge in [-0.25, -0.2) is 0 Å². The highest BCUT2D eigenvalue weighted by atomic mass is 79.9. The number of ether oxygens (including phenoxy) is 2. The van der Waals surface area contributed by atoms with Gasteiger partial charge in [0.05, 0.1) is 13.2 Å². The molecule has 0 unspecified atom stereocenters. The van der Waals surface area contributed by atoms with E-state index in [2.05, 4.69) is 22.9 Å². The Morgan fingerprint density at radius 2 is 1.05 bits per heavy atom. The van der Waals surface area contributed by atoms with Gasteiger partial charge < -0.3 is 9.47 Å². The fraction of sp³-hybridized carbons (Fsp3) is 1.00. The summed E-state index contributed by atoms with van der Waals surface area (Å²) in [5, 5.41) is 1.15. The van der Waals surface area contributed by atoms with Crippen LogP contribution in [0, 0.1) is 0 Å². The maximum absolute atomic E-state index is 5.56. The molecule has 0 aliphatic rings. The molecule has 2 nitrogen and oxygen atoms in total. The molecule has 0 bridgehead atoms. The largest absolute Gasteiger partial charge is 0.379 e. The molecule has 0 amide bonds. The number of hydrogen-bond acceptors (Lipinski definition) is 2. The molecule has 0 N–H and O–H groups in total. The summed E-state index contributed by atoms with van der Waals surface area (Å²) in [5.41, 5.74) is 0. The molecule has 0 aromatic rings. The number of halogens is 1. The van der Waals surface area contributed by atoms with Crippen LogP contribution in [0.15, 0.2) is 0 Å². The molecule has 0 spiro atoms. The van der Waals surface area contributed by atoms with E-state index in [4.69, 9.17) is 9.47 Å². The second-order valence-corrected chi connectivity index (χ2v) is 5.89. The Morgan fingerprint density at radius 3 is 1.58 bits per heavy atom. The lowest BCUT2D eigenvalue weighted by molar-refractivity contribution is 0.0449. The SMILES string of the molecule is CCCCCCOCCOCCCCCCCCBr. The van der Waals surface area contributed by atoms with Crippen LogP contribution in [0.3, 0.4) is 0 Å². The summed E-state index contributed by atoms with van der Waals surface area (Å²) in [6.07, 6.45) is 13.0. The van der Waals surface area contributed by atoms with Crippen molar-refractivity contribution in [2.45, 2.75) is 71.1 Å². The minimum atomic E-state index is 0.761. The molecule has 0 aromatic carbocycles. The maximum atomic E-state index is 5.56. The van der Waals surface area contributed by atoms with Crippen LogP contribution in [0.1, 0.15) is 71.1 Å². The molecule has 0 fully saturated rings. The van der Waals surface area contributed by atoms with E-state index in [-0.39, 0.29) is 0 Å². The van der Waals surface area contributed by atoms with E-state index >= 15 is 0 Å². The Balaban J connectivity index is 2.88. The van der Waals surface area contributed by atoms with Gasteiger partial charge in [0.25, 0.3) is 0 Å². The first-order chi connectivity index (χ1) is 9.41. The van der Waals surface area contributed by atoms with E-state index in [1.807, 2.05) is 0 Å². The van der Waals surface area contributed by atoms with Gasteiger partial charge in [0.1, 0.15) is 0 Å². The monoisotopic (exact) mass is 336 g/mol. The molecule has 0 aromatic heterocycles. The van der Waals surface area contributed by atoms with E-state index in [0.717, 1.165) is 31.8 Å². The van der Waals surface area contributed by atoms with E-state index < -0.39 is 0 Å². The minimum absolute atomic E-state index is 0.761. The summed E-state index contributed by atoms with van der Waals surface area (Å²) < 4.78 is 11.1. The zero-order chi connectivity index (χ0) is 14.0. The maximum Gasteiger partial charge on any atom is 0.0700 e. The summed E-state index contributed by atoms with van der Waals surface area (Å²) in [6.45, 7) is 5.56. The van der Waals surface area contributed by atoms with Crippen molar-refractivity contribution >= 4 is 15.9 Å². The predicted octanol–water partition coefficient (Wildman–Crippen LogP) is 5.34. The predicted molar refractivity (Wildman–Crippen MR) is 87.3 cm³/mol. The van der Waals surface area contributed by atoms with E-state index in [9.17, 15) is 0 Å². The van der Waals surface area contributed by atoms with Gasteiger partial charge in [-0.2, -0.15) is 0 Å². The van der Waals surface area contributed by atoms with E-state index in [1.165, 1.54) is 64.2 Å². The lowest BCUT2D eigenvalue weighted by Gasteiger charge is -2.06. The average molecular weight is 337 g/mol. The number of alkyl halides is 1. The lowest BCUT2D eigenvalue weighted by Crippen LogP contribution is -2.06. The van der Waals surface area contributed by atoms with Crippen LogP contribution in [0.5, 0.6) is 0 Å². The Kier molecular flexibility index (Phi) is 18.8. The summed E-state index contributed by atoms with van der Waals surface area (Å²) >= 11 is 3.46. The van der Waals surface area contributed by atoms with Crippen molar-refractivity contribution in [2.24, 2.45) is 0 Å². The van der Waals surface area contributed by atoms with Gasteiger partial charge in [-0.3, -0.25) is 0 Å². The molecule has 0 radical (unpaired) electrons. The number of rotatable bonds is 16. The second kappa shape index (κ2) is 18.4. The Morgan fingerprint density at radius 1 is 0.579 bits per heavy atom. The van der Waals surface area contributed by atoms with Crippen LogP contribution < -0.4 is 0 Å². The van der Waals surface area contributed by atoms with Crippen LogP contribution in [-0.2, 0) is 9.47 Å². The van der Waals surface area contributed by atoms with Crippen molar-refractivity contribution in [1.82, 2.24) is 0 Å². The van der Waals surface area contributed by atoms with Crippen molar-refractivity contribution in [3.05, 3.63) is 0 Å². The summed E-state index contributed by atoms with van der Waals surface area (Å²) in [6, 6.07) is 0. The van der Waals surface area contributed by atoms with Crippen LogP contribution in [0.2, 0.25) is 0 Å². The first kappa shape index (κ1) is 19.4. The van der Waals surface area contributed by atoms with Gasteiger partial charge in [0, 0.05) is 18.5 Å². The van der Waals surface area contributed by atoms with Gasteiger partial charge in [0.15, 0.2) is 0 Å². The van der Waals surface area contributed by atoms with Crippen molar-refractivity contribution in [3.63, 3.8) is 0 Å². The van der Waals surface area contributed by atoms with Crippen molar-refractivity contribution in [1.29, 1.82) is 0 Å². The zero-order valence-electron chi connectivity index (χ0n) is 12.8. The zero-order valence-corrected chi connectivity index (χ0v) is 14.4. The van der Waals surface area contributed by atoms with Gasteiger partial charge in [-0.1, -0.05) is 67.8 Å². The molecule has 0 saturated heterocycles. The van der Waals surface area contributed by atoms with Gasteiger partial charge >= 0.3 is 0 Å². The molecule has 0 atom stereocenters. The lowest BCUT2D eigenvalue weighted by atomic mass is 10.1. The molecular formula is C16H33BrO2. The third kappa shape index (κ3) is 18.4. The fourth-order valence-corrected chi connectivity index (χ4v) is 2.36. The smallest absolute Gasteiger partial charge is 0.0700 e. The number of hydrogen-bond donors (Lipinski definition) is 0. The highest BCUT2D eigenvalue weighted by Gasteiger charge is 1.93. The minimum Gasteiger partial charge on any atom is -0.379 e. The van der Waals surface area contributed by atoms with E-state index in [1.54, 1.807) is 0 Å². The summed E-state index contributed by atoms with van der Waals surface area (Å²) in [5.74, 6) is 0. The normalized spacial score (nSPS) is 11.1. The molecular weight excluding hydrogens is 304 g/mol. The Bertz CT molecular complexity index is 138. The van der Waals surface area contributed by atoms with Crippen molar-refractivity contribution < 1.29 is 9.47 Å². The standard InChI is InChI=1S/C16H33BrO2/c1-2-3-4-10-13-18-15-16-19-14-11-8-6-5-7-9-12-17/h2-16H2,1H3. The summed E-state index contributed by atoms with van der Waals surface area (Å²) in [4.78, 5) is 0. The molecule has 0 rings (SSSR count). The van der Waals surface area contributed by atoms with Gasteiger partial charge in [-0.05, 0) is 19.3 Å². The fourth-order valence-electron chi connectivity index (χ4n) is 1.96. The van der Waals surface area contributed by atoms with Crippen molar-refractivity contribution in [2.75, 3.05) is 31.8 Å². The molecule has 0 saturated carbocycles. The topological polar surface area (TPSA) is 18.5 Å². The molecule has 0 heterocycles. The van der Waals surface area contributed by atoms with Crippen LogP contribution in [-0.4, -0.2) is 31.8 Å². The highest BCUT2D eigenvalue weighted by molar-refractivity contribution is 9.09. The Labute approximate surface area is 128 Å². The Hall–Kier alpha value is 0.400. The molecule has 0 aliphatic heterocycles. The average Bonchev–Trinajstić information content (AvgIpc) is 2.43. The quantitative estimate of drug-likeness (QED) is 0.280. The first-order valence-corrected chi connectivity index (χ1v) is 9.25. The van der Waals surface area contributed by atoms with Crippen LogP contribution >= 0.6 is 15.9 Å². The van der Waals surface area contributed by atoms with Gasteiger partial charge in [0.2, 0.25) is 0 Å². The molecule has 19 heavy (non-hydrogen) atoms. The van der Waals surface area contributed by atoms with Crippen LogP contribution in [0.4, 0.5) is 0 Å². The molecule has 0 aliphatic carbocycles. The summed E-state index contributed by atoms with van der Waals surface area (Å²) in [7, 11) is 0. The molecule has 116 valence electrons. The van der Waals surface area contributed by atoms with Crippen molar-refractivity contribution in [3.8, 4) is 0 Å². The first-order valence-electron chi connectivity index (χ1n) is 8.13. The third-order valence-corrected chi connectivity index (χ3v) is 3.75. The highest BCUT2D eigenvalue weighted by Crippen LogP contribution is 2.06.